The fourth-order valence-corrected chi connectivity index (χ4v) is 1.68. The van der Waals surface area contributed by atoms with Crippen LogP contribution in [-0.4, -0.2) is 0 Å². The van der Waals surface area contributed by atoms with E-state index in [-0.39, 0.29) is 0 Å². The highest BCUT2D eigenvalue weighted by atomic mass is 35.5. The number of nitrogen functional groups attached to an aromatic ring is 1. The number of anilines is 1. The third-order valence-electron chi connectivity index (χ3n) is 2.62. The first-order chi connectivity index (χ1) is 5.60. The van der Waals surface area contributed by atoms with Crippen LogP contribution < -0.4 is 5.73 Å². The SMILES string of the molecule is CC1(c2cc(N)cc(Cl)c2)CC1. The minimum atomic E-state index is 0.360. The van der Waals surface area contributed by atoms with Crippen LogP contribution in [0.3, 0.4) is 0 Å². The van der Waals surface area contributed by atoms with Gasteiger partial charge in [-0.25, -0.2) is 0 Å². The average molecular weight is 182 g/mol. The maximum atomic E-state index is 5.90. The van der Waals surface area contributed by atoms with Crippen molar-refractivity contribution in [1.29, 1.82) is 0 Å². The smallest absolute Gasteiger partial charge is 0.0429 e. The topological polar surface area (TPSA) is 26.0 Å². The molecule has 2 rings (SSSR count). The maximum Gasteiger partial charge on any atom is 0.0429 e. The van der Waals surface area contributed by atoms with Gasteiger partial charge in [0.15, 0.2) is 0 Å². The molecule has 0 atom stereocenters. The Labute approximate surface area is 77.5 Å². The van der Waals surface area contributed by atoms with E-state index in [9.17, 15) is 0 Å². The minimum absolute atomic E-state index is 0.360. The van der Waals surface area contributed by atoms with Gasteiger partial charge in [-0.05, 0) is 42.0 Å². The molecule has 1 saturated carbocycles. The number of hydrogen-bond acceptors (Lipinski definition) is 1. The summed E-state index contributed by atoms with van der Waals surface area (Å²) in [5.74, 6) is 0. The third-order valence-corrected chi connectivity index (χ3v) is 2.84. The Morgan fingerprint density at radius 2 is 2.00 bits per heavy atom. The average Bonchev–Trinajstić information content (AvgIpc) is 2.67. The lowest BCUT2D eigenvalue weighted by Gasteiger charge is -2.09. The first kappa shape index (κ1) is 7.93. The van der Waals surface area contributed by atoms with Gasteiger partial charge in [0.25, 0.3) is 0 Å². The van der Waals surface area contributed by atoms with Crippen LogP contribution in [-0.2, 0) is 5.41 Å². The summed E-state index contributed by atoms with van der Waals surface area (Å²) < 4.78 is 0. The lowest BCUT2D eigenvalue weighted by atomic mass is 9.98. The summed E-state index contributed by atoms with van der Waals surface area (Å²) in [7, 11) is 0. The molecule has 0 aromatic heterocycles. The van der Waals surface area contributed by atoms with Crippen LogP contribution >= 0.6 is 11.6 Å². The van der Waals surface area contributed by atoms with Gasteiger partial charge in [-0.1, -0.05) is 18.5 Å². The third kappa shape index (κ3) is 1.29. The molecule has 1 aliphatic carbocycles. The Morgan fingerprint density at radius 1 is 1.33 bits per heavy atom. The molecule has 64 valence electrons. The molecule has 0 unspecified atom stereocenters. The normalized spacial score (nSPS) is 19.2. The molecule has 0 radical (unpaired) electrons. The van der Waals surface area contributed by atoms with Crippen molar-refractivity contribution < 1.29 is 0 Å². The number of rotatable bonds is 1. The molecule has 0 saturated heterocycles. The molecule has 0 aliphatic heterocycles. The second-order valence-electron chi connectivity index (χ2n) is 3.83. The van der Waals surface area contributed by atoms with Crippen molar-refractivity contribution in [3.8, 4) is 0 Å². The van der Waals surface area contributed by atoms with Crippen molar-refractivity contribution in [1.82, 2.24) is 0 Å². The van der Waals surface area contributed by atoms with E-state index >= 15 is 0 Å². The van der Waals surface area contributed by atoms with Gasteiger partial charge >= 0.3 is 0 Å². The van der Waals surface area contributed by atoms with Crippen LogP contribution in [0.2, 0.25) is 5.02 Å². The van der Waals surface area contributed by atoms with Gasteiger partial charge in [0.2, 0.25) is 0 Å². The maximum absolute atomic E-state index is 5.90. The highest BCUT2D eigenvalue weighted by Crippen LogP contribution is 2.48. The van der Waals surface area contributed by atoms with Crippen LogP contribution in [0, 0.1) is 0 Å². The van der Waals surface area contributed by atoms with Gasteiger partial charge in [-0.15, -0.1) is 0 Å². The zero-order chi connectivity index (χ0) is 8.77. The Hall–Kier alpha value is -0.690. The summed E-state index contributed by atoms with van der Waals surface area (Å²) in [6.07, 6.45) is 2.51. The minimum Gasteiger partial charge on any atom is -0.399 e. The lowest BCUT2D eigenvalue weighted by Crippen LogP contribution is -2.00. The quantitative estimate of drug-likeness (QED) is 0.663. The molecule has 2 heteroatoms. The first-order valence-corrected chi connectivity index (χ1v) is 4.54. The van der Waals surface area contributed by atoms with Gasteiger partial charge in [-0.2, -0.15) is 0 Å². The molecule has 12 heavy (non-hydrogen) atoms. The van der Waals surface area contributed by atoms with Crippen molar-refractivity contribution in [3.63, 3.8) is 0 Å². The van der Waals surface area contributed by atoms with Gasteiger partial charge in [-0.3, -0.25) is 0 Å². The lowest BCUT2D eigenvalue weighted by molar-refractivity contribution is 0.788. The molecule has 1 fully saturated rings. The van der Waals surface area contributed by atoms with E-state index in [1.165, 1.54) is 18.4 Å². The molecule has 1 nitrogen and oxygen atoms in total. The summed E-state index contributed by atoms with van der Waals surface area (Å²) in [6, 6.07) is 5.83. The fourth-order valence-electron chi connectivity index (χ4n) is 1.44. The second kappa shape index (κ2) is 2.40. The molecule has 0 heterocycles. The first-order valence-electron chi connectivity index (χ1n) is 4.17. The van der Waals surface area contributed by atoms with Crippen LogP contribution in [0.4, 0.5) is 5.69 Å². The van der Waals surface area contributed by atoms with Gasteiger partial charge < -0.3 is 5.73 Å². The van der Waals surface area contributed by atoms with Crippen LogP contribution in [0.15, 0.2) is 18.2 Å². The van der Waals surface area contributed by atoms with E-state index in [1.54, 1.807) is 6.07 Å². The second-order valence-corrected chi connectivity index (χ2v) is 4.27. The highest BCUT2D eigenvalue weighted by molar-refractivity contribution is 6.30. The molecule has 2 N–H and O–H groups in total. The summed E-state index contributed by atoms with van der Waals surface area (Å²) in [5, 5.41) is 0.748. The highest BCUT2D eigenvalue weighted by Gasteiger charge is 2.39. The van der Waals surface area contributed by atoms with Gasteiger partial charge in [0.1, 0.15) is 0 Å². The van der Waals surface area contributed by atoms with Crippen LogP contribution in [0.5, 0.6) is 0 Å². The van der Waals surface area contributed by atoms with E-state index in [4.69, 9.17) is 17.3 Å². The Balaban J connectivity index is 2.44. The van der Waals surface area contributed by atoms with Gasteiger partial charge in [0.05, 0.1) is 0 Å². The largest absolute Gasteiger partial charge is 0.399 e. The molecular weight excluding hydrogens is 170 g/mol. The number of halogens is 1. The van der Waals surface area contributed by atoms with Crippen molar-refractivity contribution in [2.45, 2.75) is 25.2 Å². The van der Waals surface area contributed by atoms with Crippen molar-refractivity contribution >= 4 is 17.3 Å². The van der Waals surface area contributed by atoms with E-state index in [1.807, 2.05) is 12.1 Å². The summed E-state index contributed by atoms with van der Waals surface area (Å²) in [6.45, 7) is 2.25. The van der Waals surface area contributed by atoms with E-state index in [0.29, 0.717) is 5.41 Å². The summed E-state index contributed by atoms with van der Waals surface area (Å²) >= 11 is 5.90. The van der Waals surface area contributed by atoms with Gasteiger partial charge in [0, 0.05) is 10.7 Å². The number of hydrogen-bond donors (Lipinski definition) is 1. The summed E-state index contributed by atoms with van der Waals surface area (Å²) in [5.41, 5.74) is 8.11. The molecule has 0 bridgehead atoms. The molecular formula is C10H12ClN. The Kier molecular flexibility index (Phi) is 1.58. The van der Waals surface area contributed by atoms with Crippen LogP contribution in [0.25, 0.3) is 0 Å². The number of nitrogens with two attached hydrogens (primary N) is 1. The monoisotopic (exact) mass is 181 g/mol. The molecule has 0 spiro atoms. The van der Waals surface area contributed by atoms with Crippen molar-refractivity contribution in [2.24, 2.45) is 0 Å². The van der Waals surface area contributed by atoms with E-state index < -0.39 is 0 Å². The zero-order valence-corrected chi connectivity index (χ0v) is 7.86. The number of benzene rings is 1. The molecule has 0 amide bonds. The van der Waals surface area contributed by atoms with Crippen molar-refractivity contribution in [3.05, 3.63) is 28.8 Å². The predicted molar refractivity (Wildman–Crippen MR) is 52.5 cm³/mol. The molecule has 1 aromatic rings. The summed E-state index contributed by atoms with van der Waals surface area (Å²) in [4.78, 5) is 0. The fraction of sp³-hybridized carbons (Fsp3) is 0.400. The molecule has 1 aromatic carbocycles. The van der Waals surface area contributed by atoms with E-state index in [0.717, 1.165) is 10.7 Å². The standard InChI is InChI=1S/C10H12ClN/c1-10(2-3-10)7-4-8(11)6-9(12)5-7/h4-6H,2-3,12H2,1H3. The zero-order valence-electron chi connectivity index (χ0n) is 7.10. The Bertz CT molecular complexity index is 295. The molecule has 1 aliphatic rings. The Morgan fingerprint density at radius 3 is 2.50 bits per heavy atom. The van der Waals surface area contributed by atoms with E-state index in [2.05, 4.69) is 6.92 Å². The predicted octanol–water partition coefficient (Wildman–Crippen LogP) is 2.97. The van der Waals surface area contributed by atoms with Crippen LogP contribution in [0.1, 0.15) is 25.3 Å². The van der Waals surface area contributed by atoms with Crippen molar-refractivity contribution in [2.75, 3.05) is 5.73 Å².